The Kier molecular flexibility index (Phi) is 3.55. The van der Waals surface area contributed by atoms with Gasteiger partial charge in [-0.15, -0.1) is 0 Å². The lowest BCUT2D eigenvalue weighted by Gasteiger charge is -2.15. The molecule has 0 saturated heterocycles. The zero-order chi connectivity index (χ0) is 13.2. The van der Waals surface area contributed by atoms with Crippen molar-refractivity contribution in [3.8, 4) is 5.75 Å². The quantitative estimate of drug-likeness (QED) is 0.845. The number of amides is 1. The molecule has 0 radical (unpaired) electrons. The fraction of sp³-hybridized carbons (Fsp3) is 0.500. The van der Waals surface area contributed by atoms with Gasteiger partial charge in [-0.25, -0.2) is 4.39 Å². The van der Waals surface area contributed by atoms with Gasteiger partial charge in [0, 0.05) is 12.6 Å². The van der Waals surface area contributed by atoms with Crippen molar-refractivity contribution in [3.63, 3.8) is 0 Å². The molecule has 1 amide bonds. The van der Waals surface area contributed by atoms with Crippen molar-refractivity contribution in [1.82, 2.24) is 5.32 Å². The molecule has 0 aliphatic heterocycles. The number of aromatic hydroxyl groups is 1. The lowest BCUT2D eigenvalue weighted by Crippen LogP contribution is -2.30. The second-order valence-electron chi connectivity index (χ2n) is 5.10. The molecule has 2 rings (SSSR count). The van der Waals surface area contributed by atoms with E-state index in [-0.39, 0.29) is 16.7 Å². The average molecular weight is 251 g/mol. The largest absolute Gasteiger partial charge is 0.508 e. The summed E-state index contributed by atoms with van der Waals surface area (Å²) >= 11 is 0. The summed E-state index contributed by atoms with van der Waals surface area (Å²) in [6.07, 6.45) is 4.48. The predicted octanol–water partition coefficient (Wildman–Crippen LogP) is 2.84. The molecule has 1 fully saturated rings. The maximum absolute atomic E-state index is 13.5. The highest BCUT2D eigenvalue weighted by Crippen LogP contribution is 2.48. The maximum Gasteiger partial charge on any atom is 0.254 e. The fourth-order valence-electron chi connectivity index (χ4n) is 2.27. The number of hydrogen-bond donors (Lipinski definition) is 2. The van der Waals surface area contributed by atoms with E-state index in [0.717, 1.165) is 31.7 Å². The Hall–Kier alpha value is -1.58. The lowest BCUT2D eigenvalue weighted by atomic mass is 10.0. The number of rotatable bonds is 5. The Morgan fingerprint density at radius 1 is 1.50 bits per heavy atom. The summed E-state index contributed by atoms with van der Waals surface area (Å²) in [6, 6.07) is 3.57. The van der Waals surface area contributed by atoms with Crippen molar-refractivity contribution >= 4 is 5.91 Å². The van der Waals surface area contributed by atoms with Crippen LogP contribution in [0.2, 0.25) is 0 Å². The first-order chi connectivity index (χ1) is 8.56. The third-order valence-electron chi connectivity index (χ3n) is 3.56. The Labute approximate surface area is 106 Å². The van der Waals surface area contributed by atoms with Crippen molar-refractivity contribution in [2.45, 2.75) is 32.6 Å². The zero-order valence-corrected chi connectivity index (χ0v) is 10.5. The molecule has 0 atom stereocenters. The monoisotopic (exact) mass is 251 g/mol. The summed E-state index contributed by atoms with van der Waals surface area (Å²) in [5, 5.41) is 11.9. The normalized spacial score (nSPS) is 16.3. The van der Waals surface area contributed by atoms with Crippen LogP contribution in [0.15, 0.2) is 18.2 Å². The van der Waals surface area contributed by atoms with E-state index in [0.29, 0.717) is 6.54 Å². The van der Waals surface area contributed by atoms with Crippen LogP contribution in [-0.2, 0) is 0 Å². The number of benzene rings is 1. The molecule has 1 aromatic carbocycles. The van der Waals surface area contributed by atoms with E-state index >= 15 is 0 Å². The van der Waals surface area contributed by atoms with E-state index in [2.05, 4.69) is 12.2 Å². The minimum Gasteiger partial charge on any atom is -0.508 e. The molecular formula is C14H18FNO2. The van der Waals surface area contributed by atoms with E-state index in [1.807, 2.05) is 0 Å². The molecule has 0 unspecified atom stereocenters. The fourth-order valence-corrected chi connectivity index (χ4v) is 2.27. The first kappa shape index (κ1) is 12.9. The van der Waals surface area contributed by atoms with Crippen LogP contribution in [0.5, 0.6) is 5.75 Å². The molecule has 3 nitrogen and oxygen atoms in total. The van der Waals surface area contributed by atoms with E-state index in [4.69, 9.17) is 5.11 Å². The van der Waals surface area contributed by atoms with Gasteiger partial charge in [0.2, 0.25) is 0 Å². The molecule has 98 valence electrons. The highest BCUT2D eigenvalue weighted by Gasteiger charge is 2.41. The summed E-state index contributed by atoms with van der Waals surface area (Å²) in [7, 11) is 0. The van der Waals surface area contributed by atoms with Crippen LogP contribution in [0.4, 0.5) is 4.39 Å². The molecule has 4 heteroatoms. The summed E-state index contributed by atoms with van der Waals surface area (Å²) in [5.41, 5.74) is 0.234. The lowest BCUT2D eigenvalue weighted by molar-refractivity contribution is 0.0939. The summed E-state index contributed by atoms with van der Waals surface area (Å²) < 4.78 is 13.5. The van der Waals surface area contributed by atoms with Crippen LogP contribution < -0.4 is 5.32 Å². The standard InChI is InChI=1S/C14H18FNO2/c1-2-5-14(6-7-14)9-16-13(18)11-4-3-10(17)8-12(11)15/h3-4,8,17H,2,5-7,9H2,1H3,(H,16,18). The van der Waals surface area contributed by atoms with E-state index in [9.17, 15) is 9.18 Å². The second kappa shape index (κ2) is 4.96. The molecule has 1 aromatic rings. The van der Waals surface area contributed by atoms with E-state index in [1.54, 1.807) is 0 Å². The molecular weight excluding hydrogens is 233 g/mol. The SMILES string of the molecule is CCCC1(CNC(=O)c2ccc(O)cc2F)CC1. The van der Waals surface area contributed by atoms with Crippen molar-refractivity contribution in [3.05, 3.63) is 29.6 Å². The Morgan fingerprint density at radius 2 is 2.22 bits per heavy atom. The van der Waals surface area contributed by atoms with Gasteiger partial charge in [0.05, 0.1) is 5.56 Å². The van der Waals surface area contributed by atoms with Crippen LogP contribution in [0.3, 0.4) is 0 Å². The van der Waals surface area contributed by atoms with Crippen molar-refractivity contribution in [2.75, 3.05) is 6.54 Å². The Bertz CT molecular complexity index is 455. The van der Waals surface area contributed by atoms with Gasteiger partial charge >= 0.3 is 0 Å². The third kappa shape index (κ3) is 2.81. The number of carbonyl (C=O) groups is 1. The van der Waals surface area contributed by atoms with Gasteiger partial charge in [0.1, 0.15) is 11.6 Å². The van der Waals surface area contributed by atoms with Crippen LogP contribution in [0.1, 0.15) is 43.0 Å². The number of carbonyl (C=O) groups excluding carboxylic acids is 1. The molecule has 18 heavy (non-hydrogen) atoms. The molecule has 1 aliphatic rings. The molecule has 0 aromatic heterocycles. The number of hydrogen-bond acceptors (Lipinski definition) is 2. The summed E-state index contributed by atoms with van der Waals surface area (Å²) in [6.45, 7) is 2.74. The zero-order valence-electron chi connectivity index (χ0n) is 10.5. The van der Waals surface area contributed by atoms with Gasteiger partial charge in [0.25, 0.3) is 5.91 Å². The Morgan fingerprint density at radius 3 is 2.78 bits per heavy atom. The van der Waals surface area contributed by atoms with Gasteiger partial charge in [-0.3, -0.25) is 4.79 Å². The van der Waals surface area contributed by atoms with Gasteiger partial charge in [-0.1, -0.05) is 13.3 Å². The number of phenolic OH excluding ortho intramolecular Hbond substituents is 1. The van der Waals surface area contributed by atoms with E-state index in [1.165, 1.54) is 12.1 Å². The first-order valence-electron chi connectivity index (χ1n) is 6.33. The minimum atomic E-state index is -0.687. The second-order valence-corrected chi connectivity index (χ2v) is 5.10. The van der Waals surface area contributed by atoms with Gasteiger partial charge in [0.15, 0.2) is 0 Å². The number of halogens is 1. The van der Waals surface area contributed by atoms with Crippen LogP contribution in [0, 0.1) is 11.2 Å². The highest BCUT2D eigenvalue weighted by molar-refractivity contribution is 5.94. The molecule has 2 N–H and O–H groups in total. The van der Waals surface area contributed by atoms with Gasteiger partial charge < -0.3 is 10.4 Å². The number of phenols is 1. The van der Waals surface area contributed by atoms with Gasteiger partial charge in [-0.05, 0) is 36.8 Å². The van der Waals surface area contributed by atoms with Crippen LogP contribution >= 0.6 is 0 Å². The summed E-state index contributed by atoms with van der Waals surface area (Å²) in [4.78, 5) is 11.8. The smallest absolute Gasteiger partial charge is 0.254 e. The number of nitrogens with one attached hydrogen (secondary N) is 1. The molecule has 0 heterocycles. The van der Waals surface area contributed by atoms with Crippen molar-refractivity contribution in [2.24, 2.45) is 5.41 Å². The Balaban J connectivity index is 1.96. The topological polar surface area (TPSA) is 49.3 Å². The first-order valence-corrected chi connectivity index (χ1v) is 6.33. The third-order valence-corrected chi connectivity index (χ3v) is 3.56. The molecule has 0 spiro atoms. The molecule has 0 bridgehead atoms. The van der Waals surface area contributed by atoms with Gasteiger partial charge in [-0.2, -0.15) is 0 Å². The molecule has 1 saturated carbocycles. The maximum atomic E-state index is 13.5. The predicted molar refractivity (Wildman–Crippen MR) is 67.0 cm³/mol. The highest BCUT2D eigenvalue weighted by atomic mass is 19.1. The molecule has 1 aliphatic carbocycles. The average Bonchev–Trinajstić information content (AvgIpc) is 3.07. The minimum absolute atomic E-state index is 0.0138. The van der Waals surface area contributed by atoms with Crippen LogP contribution in [0.25, 0.3) is 0 Å². The van der Waals surface area contributed by atoms with Crippen molar-refractivity contribution in [1.29, 1.82) is 0 Å². The van der Waals surface area contributed by atoms with Crippen molar-refractivity contribution < 1.29 is 14.3 Å². The van der Waals surface area contributed by atoms with Crippen LogP contribution in [-0.4, -0.2) is 17.6 Å². The van der Waals surface area contributed by atoms with E-state index < -0.39 is 11.7 Å². The summed E-state index contributed by atoms with van der Waals surface area (Å²) in [5.74, 6) is -1.27.